The molecule has 31 heavy (non-hydrogen) atoms. The van der Waals surface area contributed by atoms with Crippen LogP contribution in [-0.4, -0.2) is 17.8 Å². The standard InChI is InChI=1S/C17H17B.C10H9BrN2/c1-13-7-3-5-9-15(13)17(11-12-18)16-10-6-4-8-14(16)2;11-9-3-1-8(2-4-9)7-10-12-5-6-13-10/h3-11H,12H2,1-2H3;1-6H,7H2,(H,12,13). The molecule has 4 heteroatoms. The first-order chi connectivity index (χ1) is 15.1. The fraction of sp³-hybridized carbons (Fsp3) is 0.148. The first-order valence-corrected chi connectivity index (χ1v) is 11.1. The number of imidazole rings is 1. The van der Waals surface area contributed by atoms with Crippen LogP contribution < -0.4 is 0 Å². The van der Waals surface area contributed by atoms with Gasteiger partial charge in [-0.2, -0.15) is 0 Å². The number of aryl methyl sites for hydroxylation is 2. The minimum absolute atomic E-state index is 0.554. The van der Waals surface area contributed by atoms with Crippen LogP contribution in [0.2, 0.25) is 6.32 Å². The average Bonchev–Trinajstić information content (AvgIpc) is 3.29. The van der Waals surface area contributed by atoms with Crippen LogP contribution in [0.4, 0.5) is 0 Å². The molecule has 2 nitrogen and oxygen atoms in total. The highest BCUT2D eigenvalue weighted by molar-refractivity contribution is 9.10. The van der Waals surface area contributed by atoms with Gasteiger partial charge in [0.1, 0.15) is 5.82 Å². The van der Waals surface area contributed by atoms with E-state index in [2.05, 4.69) is 106 Å². The van der Waals surface area contributed by atoms with Crippen LogP contribution in [-0.2, 0) is 6.42 Å². The van der Waals surface area contributed by atoms with Crippen LogP contribution in [0.15, 0.2) is 95.7 Å². The highest BCUT2D eigenvalue weighted by Crippen LogP contribution is 2.28. The van der Waals surface area contributed by atoms with Gasteiger partial charge >= 0.3 is 0 Å². The molecule has 154 valence electrons. The number of aromatic amines is 1. The Morgan fingerprint density at radius 3 is 1.97 bits per heavy atom. The number of nitrogens with one attached hydrogen (secondary N) is 1. The van der Waals surface area contributed by atoms with Gasteiger partial charge in [-0.15, -0.1) is 0 Å². The Hall–Kier alpha value is -2.85. The Morgan fingerprint density at radius 1 is 0.903 bits per heavy atom. The lowest BCUT2D eigenvalue weighted by atomic mass is 9.89. The number of benzene rings is 3. The summed E-state index contributed by atoms with van der Waals surface area (Å²) in [6, 6.07) is 25.1. The van der Waals surface area contributed by atoms with Crippen molar-refractivity contribution >= 4 is 29.3 Å². The van der Waals surface area contributed by atoms with Crippen molar-refractivity contribution in [2.24, 2.45) is 0 Å². The maximum atomic E-state index is 5.73. The third-order valence-corrected chi connectivity index (χ3v) is 5.56. The highest BCUT2D eigenvalue weighted by Gasteiger charge is 2.08. The molecule has 3 aromatic carbocycles. The number of hydrogen-bond donors (Lipinski definition) is 1. The Balaban J connectivity index is 0.000000185. The largest absolute Gasteiger partial charge is 0.348 e. The van der Waals surface area contributed by atoms with E-state index in [1.165, 1.54) is 33.4 Å². The molecule has 0 unspecified atom stereocenters. The van der Waals surface area contributed by atoms with Gasteiger partial charge in [0.25, 0.3) is 0 Å². The van der Waals surface area contributed by atoms with Gasteiger partial charge in [-0.3, -0.25) is 0 Å². The summed E-state index contributed by atoms with van der Waals surface area (Å²) >= 11 is 3.40. The molecule has 2 radical (unpaired) electrons. The number of hydrogen-bond acceptors (Lipinski definition) is 1. The van der Waals surface area contributed by atoms with E-state index >= 15 is 0 Å². The lowest BCUT2D eigenvalue weighted by molar-refractivity contribution is 1.03. The van der Waals surface area contributed by atoms with Gasteiger partial charge in [-0.1, -0.05) is 89.0 Å². The molecule has 0 spiro atoms. The van der Waals surface area contributed by atoms with Crippen molar-refractivity contribution in [2.75, 3.05) is 0 Å². The van der Waals surface area contributed by atoms with Crippen LogP contribution in [0.5, 0.6) is 0 Å². The van der Waals surface area contributed by atoms with E-state index in [4.69, 9.17) is 7.85 Å². The van der Waals surface area contributed by atoms with Crippen molar-refractivity contribution in [3.63, 3.8) is 0 Å². The summed E-state index contributed by atoms with van der Waals surface area (Å²) in [6.07, 6.45) is 7.13. The summed E-state index contributed by atoms with van der Waals surface area (Å²) in [7, 11) is 5.73. The van der Waals surface area contributed by atoms with Crippen molar-refractivity contribution in [3.8, 4) is 0 Å². The summed E-state index contributed by atoms with van der Waals surface area (Å²) in [4.78, 5) is 7.24. The van der Waals surface area contributed by atoms with Gasteiger partial charge in [-0.05, 0) is 59.4 Å². The van der Waals surface area contributed by atoms with E-state index in [9.17, 15) is 0 Å². The normalized spacial score (nSPS) is 10.2. The molecule has 0 fully saturated rings. The van der Waals surface area contributed by atoms with Crippen LogP contribution in [0.1, 0.15) is 33.6 Å². The molecular weight excluding hydrogens is 443 g/mol. The number of aromatic nitrogens is 2. The first kappa shape index (κ1) is 22.8. The van der Waals surface area contributed by atoms with Gasteiger partial charge in [0.15, 0.2) is 0 Å². The smallest absolute Gasteiger partial charge is 0.110 e. The molecule has 0 aliphatic carbocycles. The molecule has 0 saturated carbocycles. The Kier molecular flexibility index (Phi) is 8.48. The average molecular weight is 469 g/mol. The highest BCUT2D eigenvalue weighted by atomic mass is 79.9. The summed E-state index contributed by atoms with van der Waals surface area (Å²) in [5.74, 6) is 1.00. The predicted octanol–water partition coefficient (Wildman–Crippen LogP) is 7.08. The predicted molar refractivity (Wildman–Crippen MR) is 136 cm³/mol. The Morgan fingerprint density at radius 2 is 1.48 bits per heavy atom. The maximum absolute atomic E-state index is 5.73. The molecule has 0 bridgehead atoms. The molecule has 0 saturated heterocycles. The van der Waals surface area contributed by atoms with Crippen LogP contribution in [0.25, 0.3) is 5.57 Å². The zero-order chi connectivity index (χ0) is 22.1. The molecule has 1 heterocycles. The molecule has 0 amide bonds. The van der Waals surface area contributed by atoms with Crippen LogP contribution in [0.3, 0.4) is 0 Å². The van der Waals surface area contributed by atoms with Crippen molar-refractivity contribution in [3.05, 3.63) is 129 Å². The van der Waals surface area contributed by atoms with E-state index in [-0.39, 0.29) is 0 Å². The third kappa shape index (κ3) is 6.57. The number of H-pyrrole nitrogens is 1. The SMILES string of the molecule is Brc1ccc(Cc2ncc[nH]2)cc1.[B]CC=C(c1ccccc1C)c1ccccc1C. The second-order valence-electron chi connectivity index (χ2n) is 7.32. The maximum Gasteiger partial charge on any atom is 0.110 e. The Bertz CT molecular complexity index is 1070. The van der Waals surface area contributed by atoms with E-state index < -0.39 is 0 Å². The van der Waals surface area contributed by atoms with Crippen molar-refractivity contribution in [1.82, 2.24) is 9.97 Å². The van der Waals surface area contributed by atoms with E-state index in [1.807, 2.05) is 18.3 Å². The summed E-state index contributed by atoms with van der Waals surface area (Å²) < 4.78 is 1.11. The minimum atomic E-state index is 0.554. The summed E-state index contributed by atoms with van der Waals surface area (Å²) in [5, 5.41) is 0. The Labute approximate surface area is 195 Å². The van der Waals surface area contributed by atoms with Crippen molar-refractivity contribution in [2.45, 2.75) is 26.6 Å². The lowest BCUT2D eigenvalue weighted by Gasteiger charge is -2.13. The molecule has 0 aliphatic heterocycles. The van der Waals surface area contributed by atoms with Crippen molar-refractivity contribution < 1.29 is 0 Å². The quantitative estimate of drug-likeness (QED) is 0.311. The molecular formula is C27H26BBrN2. The van der Waals surface area contributed by atoms with Gasteiger partial charge < -0.3 is 4.98 Å². The zero-order valence-corrected chi connectivity index (χ0v) is 19.6. The third-order valence-electron chi connectivity index (χ3n) is 5.03. The lowest BCUT2D eigenvalue weighted by Crippen LogP contribution is -1.94. The zero-order valence-electron chi connectivity index (χ0n) is 18.0. The number of nitrogens with zero attached hydrogens (tertiary/aromatic N) is 1. The van der Waals surface area contributed by atoms with Crippen molar-refractivity contribution in [1.29, 1.82) is 0 Å². The molecule has 4 rings (SSSR count). The fourth-order valence-corrected chi connectivity index (χ4v) is 3.69. The van der Waals surface area contributed by atoms with E-state index in [0.717, 1.165) is 16.7 Å². The molecule has 4 aromatic rings. The minimum Gasteiger partial charge on any atom is -0.348 e. The van der Waals surface area contributed by atoms with Gasteiger partial charge in [0.2, 0.25) is 0 Å². The fourth-order valence-electron chi connectivity index (χ4n) is 3.42. The number of rotatable bonds is 5. The second-order valence-corrected chi connectivity index (χ2v) is 8.24. The second kappa shape index (κ2) is 11.5. The number of allylic oxidation sites excluding steroid dienone is 1. The summed E-state index contributed by atoms with van der Waals surface area (Å²) in [6.45, 7) is 4.27. The van der Waals surface area contributed by atoms with E-state index in [1.54, 1.807) is 6.20 Å². The van der Waals surface area contributed by atoms with Gasteiger partial charge in [0.05, 0.1) is 7.85 Å². The molecule has 1 aromatic heterocycles. The van der Waals surface area contributed by atoms with Gasteiger partial charge in [0, 0.05) is 23.3 Å². The number of halogens is 1. The van der Waals surface area contributed by atoms with Gasteiger partial charge in [-0.25, -0.2) is 4.98 Å². The van der Waals surface area contributed by atoms with E-state index in [0.29, 0.717) is 6.32 Å². The van der Waals surface area contributed by atoms with Crippen LogP contribution >= 0.6 is 15.9 Å². The van der Waals surface area contributed by atoms with Crippen LogP contribution in [0, 0.1) is 13.8 Å². The topological polar surface area (TPSA) is 28.7 Å². The summed E-state index contributed by atoms with van der Waals surface area (Å²) in [5.41, 5.74) is 7.57. The first-order valence-electron chi connectivity index (χ1n) is 10.3. The monoisotopic (exact) mass is 468 g/mol. The molecule has 1 N–H and O–H groups in total. The molecule has 0 aliphatic rings. The molecule has 0 atom stereocenters.